The van der Waals surface area contributed by atoms with Gasteiger partial charge in [-0.15, -0.1) is 22.7 Å². The van der Waals surface area contributed by atoms with E-state index in [0.29, 0.717) is 0 Å². The lowest BCUT2D eigenvalue weighted by Crippen LogP contribution is -2.14. The highest BCUT2D eigenvalue weighted by Crippen LogP contribution is 2.36. The number of thiazole rings is 1. The maximum Gasteiger partial charge on any atom is 0.0947 e. The average molecular weight is 424 g/mol. The second kappa shape index (κ2) is 5.93. The Morgan fingerprint density at radius 3 is 2.53 bits per heavy atom. The van der Waals surface area contributed by atoms with E-state index in [-0.39, 0.29) is 11.5 Å². The Morgan fingerprint density at radius 2 is 2.05 bits per heavy atom. The van der Waals surface area contributed by atoms with Gasteiger partial charge in [-0.25, -0.2) is 4.98 Å². The highest BCUT2D eigenvalue weighted by Gasteiger charge is 2.19. The summed E-state index contributed by atoms with van der Waals surface area (Å²) in [7, 11) is 0. The van der Waals surface area contributed by atoms with Crippen molar-refractivity contribution in [3.05, 3.63) is 35.3 Å². The molecule has 2 aromatic heterocycles. The zero-order valence-electron chi connectivity index (χ0n) is 11.0. The van der Waals surface area contributed by atoms with Gasteiger partial charge in [0.05, 0.1) is 14.5 Å². The highest BCUT2D eigenvalue weighted by molar-refractivity contribution is 9.13. The van der Waals surface area contributed by atoms with Crippen LogP contribution in [0.1, 0.15) is 42.4 Å². The molecule has 1 atom stereocenters. The van der Waals surface area contributed by atoms with Crippen LogP contribution in [0.2, 0.25) is 0 Å². The van der Waals surface area contributed by atoms with Crippen LogP contribution in [0.25, 0.3) is 0 Å². The number of hydrogen-bond donors (Lipinski definition) is 1. The summed E-state index contributed by atoms with van der Waals surface area (Å²) >= 11 is 10.4. The van der Waals surface area contributed by atoms with Gasteiger partial charge in [-0.05, 0) is 37.9 Å². The zero-order valence-corrected chi connectivity index (χ0v) is 15.8. The Morgan fingerprint density at radius 1 is 1.37 bits per heavy atom. The lowest BCUT2D eigenvalue weighted by atomic mass is 9.93. The molecule has 6 heteroatoms. The Kier molecular flexibility index (Phi) is 4.88. The quantitative estimate of drug-likeness (QED) is 0.730. The van der Waals surface area contributed by atoms with Gasteiger partial charge in [0.15, 0.2) is 0 Å². The van der Waals surface area contributed by atoms with Crippen LogP contribution < -0.4 is 5.73 Å². The number of nitrogens with zero attached hydrogens (tertiary/aromatic N) is 1. The molecule has 2 nitrogen and oxygen atoms in total. The molecule has 0 aliphatic heterocycles. The fraction of sp³-hybridized carbons (Fsp3) is 0.462. The first-order chi connectivity index (χ1) is 8.77. The van der Waals surface area contributed by atoms with Crippen LogP contribution in [0.3, 0.4) is 0 Å². The molecule has 0 radical (unpaired) electrons. The van der Waals surface area contributed by atoms with E-state index in [1.807, 2.05) is 0 Å². The molecule has 1 unspecified atom stereocenters. The van der Waals surface area contributed by atoms with Crippen molar-refractivity contribution in [3.63, 3.8) is 0 Å². The molecule has 2 aromatic rings. The van der Waals surface area contributed by atoms with Gasteiger partial charge >= 0.3 is 0 Å². The molecule has 0 amide bonds. The molecule has 2 heterocycles. The summed E-state index contributed by atoms with van der Waals surface area (Å²) in [5.74, 6) is 0. The van der Waals surface area contributed by atoms with Crippen molar-refractivity contribution in [1.82, 2.24) is 4.98 Å². The number of halogens is 2. The van der Waals surface area contributed by atoms with Crippen LogP contribution in [0.4, 0.5) is 0 Å². The average Bonchev–Trinajstić information content (AvgIpc) is 2.86. The molecule has 0 saturated carbocycles. The minimum absolute atomic E-state index is 0.00608. The van der Waals surface area contributed by atoms with Crippen molar-refractivity contribution in [2.24, 2.45) is 5.73 Å². The highest BCUT2D eigenvalue weighted by atomic mass is 79.9. The fourth-order valence-corrected chi connectivity index (χ4v) is 4.76. The van der Waals surface area contributed by atoms with E-state index < -0.39 is 0 Å². The Balaban J connectivity index is 2.11. The third kappa shape index (κ3) is 3.88. The van der Waals surface area contributed by atoms with Crippen molar-refractivity contribution in [2.45, 2.75) is 38.6 Å². The first kappa shape index (κ1) is 15.6. The monoisotopic (exact) mass is 422 g/mol. The molecule has 0 spiro atoms. The second-order valence-corrected chi connectivity index (χ2v) is 9.66. The van der Waals surface area contributed by atoms with Crippen molar-refractivity contribution in [3.8, 4) is 0 Å². The molecule has 19 heavy (non-hydrogen) atoms. The van der Waals surface area contributed by atoms with Crippen molar-refractivity contribution < 1.29 is 0 Å². The van der Waals surface area contributed by atoms with Crippen LogP contribution in [-0.2, 0) is 11.8 Å². The molecule has 0 fully saturated rings. The van der Waals surface area contributed by atoms with E-state index in [1.54, 1.807) is 22.7 Å². The van der Waals surface area contributed by atoms with Gasteiger partial charge in [-0.2, -0.15) is 0 Å². The summed E-state index contributed by atoms with van der Waals surface area (Å²) < 4.78 is 2.16. The maximum atomic E-state index is 6.26. The molecular formula is C13H16Br2N2S2. The van der Waals surface area contributed by atoms with E-state index in [2.05, 4.69) is 64.1 Å². The topological polar surface area (TPSA) is 38.9 Å². The molecule has 2 N–H and O–H groups in total. The molecular weight excluding hydrogens is 408 g/mol. The van der Waals surface area contributed by atoms with E-state index in [9.17, 15) is 0 Å². The third-order valence-electron chi connectivity index (χ3n) is 2.74. The minimum atomic E-state index is 0.00608. The predicted octanol–water partition coefficient (Wildman–Crippen LogP) is 5.27. The Hall–Kier alpha value is 0.250. The summed E-state index contributed by atoms with van der Waals surface area (Å²) in [6.07, 6.45) is 0.792. The van der Waals surface area contributed by atoms with Crippen molar-refractivity contribution in [2.75, 3.05) is 0 Å². The first-order valence-corrected chi connectivity index (χ1v) is 9.21. The molecule has 0 aliphatic rings. The van der Waals surface area contributed by atoms with Crippen molar-refractivity contribution >= 4 is 54.5 Å². The number of hydrogen-bond acceptors (Lipinski definition) is 4. The Labute approximate surface area is 138 Å². The largest absolute Gasteiger partial charge is 0.323 e. The van der Waals surface area contributed by atoms with Crippen LogP contribution >= 0.6 is 54.5 Å². The SMILES string of the molecule is CC(C)(C)c1csc(CC(N)c2cc(Br)c(Br)s2)n1. The van der Waals surface area contributed by atoms with Crippen LogP contribution in [0.15, 0.2) is 19.7 Å². The number of nitrogens with two attached hydrogens (primary N) is 1. The maximum absolute atomic E-state index is 6.26. The van der Waals surface area contributed by atoms with Crippen LogP contribution in [0.5, 0.6) is 0 Å². The van der Waals surface area contributed by atoms with Crippen molar-refractivity contribution in [1.29, 1.82) is 0 Å². The minimum Gasteiger partial charge on any atom is -0.323 e. The van der Waals surface area contributed by atoms with Gasteiger partial charge in [0, 0.05) is 32.6 Å². The molecule has 0 aromatic carbocycles. The number of thiophene rings is 1. The van der Waals surface area contributed by atoms with Gasteiger partial charge in [0.1, 0.15) is 0 Å². The predicted molar refractivity (Wildman–Crippen MR) is 91.2 cm³/mol. The van der Waals surface area contributed by atoms with E-state index in [0.717, 1.165) is 25.4 Å². The first-order valence-electron chi connectivity index (χ1n) is 5.92. The van der Waals surface area contributed by atoms with E-state index >= 15 is 0 Å². The Bertz CT molecular complexity index is 550. The fourth-order valence-electron chi connectivity index (χ4n) is 1.58. The molecule has 2 rings (SSSR count). The van der Waals surface area contributed by atoms with E-state index in [1.165, 1.54) is 4.88 Å². The van der Waals surface area contributed by atoms with Crippen LogP contribution in [-0.4, -0.2) is 4.98 Å². The van der Waals surface area contributed by atoms with Gasteiger partial charge < -0.3 is 5.73 Å². The number of rotatable bonds is 3. The molecule has 0 aliphatic carbocycles. The zero-order chi connectivity index (χ0) is 14.2. The second-order valence-electron chi connectivity index (χ2n) is 5.46. The summed E-state index contributed by atoms with van der Waals surface area (Å²) in [4.78, 5) is 5.87. The van der Waals surface area contributed by atoms with Crippen LogP contribution in [0, 0.1) is 0 Å². The lowest BCUT2D eigenvalue weighted by molar-refractivity contribution is 0.569. The summed E-state index contributed by atoms with van der Waals surface area (Å²) in [6, 6.07) is 2.09. The summed E-state index contributed by atoms with van der Waals surface area (Å²) in [6.45, 7) is 6.54. The molecule has 0 saturated heterocycles. The van der Waals surface area contributed by atoms with Gasteiger partial charge in [0.25, 0.3) is 0 Å². The molecule has 104 valence electrons. The van der Waals surface area contributed by atoms with E-state index in [4.69, 9.17) is 10.7 Å². The smallest absolute Gasteiger partial charge is 0.0947 e. The van der Waals surface area contributed by atoms with Gasteiger partial charge in [0.2, 0.25) is 0 Å². The van der Waals surface area contributed by atoms with Gasteiger partial charge in [-0.1, -0.05) is 20.8 Å². The summed E-state index contributed by atoms with van der Waals surface area (Å²) in [5, 5.41) is 3.25. The number of aromatic nitrogens is 1. The lowest BCUT2D eigenvalue weighted by Gasteiger charge is -2.14. The molecule has 0 bridgehead atoms. The summed E-state index contributed by atoms with van der Waals surface area (Å²) in [5.41, 5.74) is 7.51. The standard InChI is InChI=1S/C13H16Br2N2S2/c1-13(2,3)10-6-18-11(17-10)5-8(16)9-4-7(14)12(15)19-9/h4,6,8H,5,16H2,1-3H3. The third-order valence-corrected chi connectivity index (χ3v) is 7.00. The van der Waals surface area contributed by atoms with Gasteiger partial charge in [-0.3, -0.25) is 0 Å². The normalized spacial score (nSPS) is 13.8.